The van der Waals surface area contributed by atoms with Crippen LogP contribution in [0.4, 0.5) is 9.59 Å². The molecule has 0 aromatic rings. The Morgan fingerprint density at radius 3 is 2.11 bits per heavy atom. The fraction of sp³-hybridized carbons (Fsp3) is 0.765. The predicted molar refractivity (Wildman–Crippen MR) is 160 cm³/mol. The lowest BCUT2D eigenvalue weighted by Crippen LogP contribution is -2.24. The maximum absolute atomic E-state index is 11.9. The third-order valence-corrected chi connectivity index (χ3v) is 10.4. The summed E-state index contributed by atoms with van der Waals surface area (Å²) in [4.78, 5) is 39.9. The number of nitrogens with one attached hydrogen (secondary N) is 2. The Labute approximate surface area is 244 Å². The standard InChI is InChI=1S/C17H32N4O9S7/c22-1-3-27-16(24)20-8-33-13-32-7-19-10-37(26)15-36-14-35-11-28-17(25)21-9-34-12-31-6-18-5-30-29-4-2-23/h5,10,22-23H,1-4,6-9,11-15H2,(H,20,24)(H,21,25). The summed E-state index contributed by atoms with van der Waals surface area (Å²) < 4.78 is 21.6. The van der Waals surface area contributed by atoms with E-state index in [4.69, 9.17) is 14.9 Å². The van der Waals surface area contributed by atoms with Crippen LogP contribution in [0.25, 0.3) is 0 Å². The van der Waals surface area contributed by atoms with Gasteiger partial charge in [0.1, 0.15) is 19.2 Å². The Hall–Kier alpha value is -0.190. The summed E-state index contributed by atoms with van der Waals surface area (Å²) in [5.74, 6) is 1.96. The largest absolute Gasteiger partial charge is 0.447 e. The van der Waals surface area contributed by atoms with Gasteiger partial charge in [-0.25, -0.2) is 14.6 Å². The van der Waals surface area contributed by atoms with E-state index in [-0.39, 0.29) is 32.4 Å². The Balaban J connectivity index is 3.42. The molecule has 0 spiro atoms. The lowest BCUT2D eigenvalue weighted by molar-refractivity contribution is -0.221. The van der Waals surface area contributed by atoms with Crippen molar-refractivity contribution in [1.82, 2.24) is 10.6 Å². The summed E-state index contributed by atoms with van der Waals surface area (Å²) in [5, 5.41) is 24.6. The van der Waals surface area contributed by atoms with Gasteiger partial charge in [0.15, 0.2) is 0 Å². The molecule has 0 fully saturated rings. The first-order valence-corrected chi connectivity index (χ1v) is 18.5. The maximum Gasteiger partial charge on any atom is 0.408 e. The van der Waals surface area contributed by atoms with E-state index in [1.807, 2.05) is 0 Å². The van der Waals surface area contributed by atoms with E-state index < -0.39 is 23.0 Å². The number of aliphatic hydroxyl groups excluding tert-OH is 2. The van der Waals surface area contributed by atoms with E-state index in [0.717, 1.165) is 5.08 Å². The second kappa shape index (κ2) is 30.4. The molecule has 0 saturated carbocycles. The van der Waals surface area contributed by atoms with Crippen molar-refractivity contribution >= 4 is 106 Å². The second-order valence-electron chi connectivity index (χ2n) is 5.60. The van der Waals surface area contributed by atoms with E-state index >= 15 is 0 Å². The number of hydrogen-bond donors (Lipinski definition) is 4. The summed E-state index contributed by atoms with van der Waals surface area (Å²) >= 11 is 8.92. The average Bonchev–Trinajstić information content (AvgIpc) is 2.89. The Bertz CT molecular complexity index is 654. The van der Waals surface area contributed by atoms with Crippen molar-refractivity contribution in [3.05, 3.63) is 0 Å². The van der Waals surface area contributed by atoms with Gasteiger partial charge in [-0.15, -0.1) is 70.6 Å². The molecule has 0 rings (SSSR count). The fourth-order valence-electron chi connectivity index (χ4n) is 1.47. The number of ether oxygens (including phenoxy) is 2. The van der Waals surface area contributed by atoms with Crippen LogP contribution in [0.3, 0.4) is 0 Å². The Morgan fingerprint density at radius 2 is 1.43 bits per heavy atom. The molecule has 0 aromatic carbocycles. The molecule has 20 heteroatoms. The molecule has 0 bridgehead atoms. The predicted octanol–water partition coefficient (Wildman–Crippen LogP) is 2.19. The molecular formula is C17H32N4O9S7. The fourth-order valence-corrected chi connectivity index (χ4v) is 7.51. The first kappa shape index (κ1) is 36.8. The van der Waals surface area contributed by atoms with Gasteiger partial charge >= 0.3 is 12.2 Å². The number of amides is 2. The van der Waals surface area contributed by atoms with Gasteiger partial charge in [-0.3, -0.25) is 9.20 Å². The number of thioether (sulfide) groups is 6. The summed E-state index contributed by atoms with van der Waals surface area (Å²) in [7, 11) is -1.18. The van der Waals surface area contributed by atoms with Crippen molar-refractivity contribution in [1.29, 1.82) is 0 Å². The summed E-state index contributed by atoms with van der Waals surface area (Å²) in [6.07, 6.45) is 0.105. The molecule has 216 valence electrons. The van der Waals surface area contributed by atoms with Crippen LogP contribution in [-0.2, 0) is 30.0 Å². The molecule has 13 nitrogen and oxygen atoms in total. The van der Waals surface area contributed by atoms with Crippen molar-refractivity contribution < 1.29 is 43.3 Å². The zero-order valence-electron chi connectivity index (χ0n) is 19.9. The molecule has 0 aliphatic rings. The average molecular weight is 661 g/mol. The van der Waals surface area contributed by atoms with Gasteiger partial charge in [0.2, 0.25) is 6.40 Å². The minimum absolute atomic E-state index is 0.0284. The van der Waals surface area contributed by atoms with E-state index in [0.29, 0.717) is 38.8 Å². The number of hydrogen-bond acceptors (Lipinski definition) is 17. The molecular weight excluding hydrogens is 629 g/mol. The zero-order chi connectivity index (χ0) is 27.2. The van der Waals surface area contributed by atoms with E-state index in [1.165, 1.54) is 82.5 Å². The molecule has 37 heavy (non-hydrogen) atoms. The lowest BCUT2D eigenvalue weighted by atomic mass is 10.8. The van der Waals surface area contributed by atoms with Crippen LogP contribution in [0.1, 0.15) is 0 Å². The van der Waals surface area contributed by atoms with Crippen LogP contribution in [0, 0.1) is 0 Å². The molecule has 0 aromatic heterocycles. The van der Waals surface area contributed by atoms with Crippen LogP contribution >= 0.6 is 70.6 Å². The number of carbonyl (C=O) groups excluding carboxylic acids is 2. The third-order valence-electron chi connectivity index (χ3n) is 2.82. The van der Waals surface area contributed by atoms with E-state index in [2.05, 4.69) is 35.1 Å². The SMILES string of the molecule is O=C(NCSCSCN=CS(=O)CSCSCOC(=O)NCSCSCN=COOCCO)OCCO. The van der Waals surface area contributed by atoms with E-state index in [9.17, 15) is 13.8 Å². The van der Waals surface area contributed by atoms with Crippen molar-refractivity contribution in [3.63, 3.8) is 0 Å². The highest BCUT2D eigenvalue weighted by atomic mass is 32.2. The topological polar surface area (TPSA) is 177 Å². The van der Waals surface area contributed by atoms with Gasteiger partial charge < -0.3 is 35.2 Å². The maximum atomic E-state index is 11.9. The number of aliphatic imine (C=N–C) groups is 2. The van der Waals surface area contributed by atoms with Crippen molar-refractivity contribution in [2.75, 3.05) is 76.2 Å². The quantitative estimate of drug-likeness (QED) is 0.0280. The number of nitrogens with zero attached hydrogens (tertiary/aromatic N) is 2. The van der Waals surface area contributed by atoms with Gasteiger partial charge in [0.05, 0.1) is 58.2 Å². The van der Waals surface area contributed by atoms with Crippen LogP contribution in [0.2, 0.25) is 0 Å². The van der Waals surface area contributed by atoms with Crippen molar-refractivity contribution in [2.45, 2.75) is 0 Å². The van der Waals surface area contributed by atoms with E-state index in [1.54, 1.807) is 0 Å². The molecule has 1 unspecified atom stereocenters. The molecule has 0 heterocycles. The summed E-state index contributed by atoms with van der Waals surface area (Å²) in [6, 6.07) is 0. The highest BCUT2D eigenvalue weighted by Gasteiger charge is 2.02. The van der Waals surface area contributed by atoms with Crippen LogP contribution in [-0.4, -0.2) is 115 Å². The molecule has 0 aliphatic carbocycles. The first-order valence-electron chi connectivity index (χ1n) is 10.2. The Morgan fingerprint density at radius 1 is 0.811 bits per heavy atom. The van der Waals surface area contributed by atoms with Crippen LogP contribution < -0.4 is 10.6 Å². The zero-order valence-corrected chi connectivity index (χ0v) is 25.6. The highest BCUT2D eigenvalue weighted by Crippen LogP contribution is 2.14. The van der Waals surface area contributed by atoms with Crippen molar-refractivity contribution in [2.24, 2.45) is 9.98 Å². The molecule has 1 atom stereocenters. The monoisotopic (exact) mass is 660 g/mol. The molecule has 0 saturated heterocycles. The molecule has 4 N–H and O–H groups in total. The van der Waals surface area contributed by atoms with Crippen LogP contribution in [0.5, 0.6) is 0 Å². The number of carbonyl (C=O) groups is 2. The van der Waals surface area contributed by atoms with Gasteiger partial charge in [-0.2, -0.15) is 4.89 Å². The highest BCUT2D eigenvalue weighted by molar-refractivity contribution is 8.22. The third kappa shape index (κ3) is 30.2. The molecule has 2 amide bonds. The minimum Gasteiger partial charge on any atom is -0.447 e. The van der Waals surface area contributed by atoms with Gasteiger partial charge in [-0.1, -0.05) is 0 Å². The smallest absolute Gasteiger partial charge is 0.408 e. The first-order chi connectivity index (χ1) is 18.1. The van der Waals surface area contributed by atoms with Crippen molar-refractivity contribution in [3.8, 4) is 0 Å². The van der Waals surface area contributed by atoms with Crippen LogP contribution in [0.15, 0.2) is 9.98 Å². The van der Waals surface area contributed by atoms with Gasteiger partial charge in [0, 0.05) is 15.3 Å². The molecule has 0 radical (unpaired) electrons. The normalized spacial score (nSPS) is 12.1. The summed E-state index contributed by atoms with van der Waals surface area (Å²) in [5.41, 5.74) is 1.42. The summed E-state index contributed by atoms with van der Waals surface area (Å²) in [6.45, 7) is -0.272. The molecule has 0 aliphatic heterocycles. The van der Waals surface area contributed by atoms with Gasteiger partial charge in [0.25, 0.3) is 0 Å². The number of alkyl carbamates (subject to hydrolysis) is 2. The van der Waals surface area contributed by atoms with Gasteiger partial charge in [-0.05, 0) is 0 Å². The lowest BCUT2D eigenvalue weighted by Gasteiger charge is -2.06. The number of aliphatic hydroxyl groups is 2. The number of rotatable bonds is 25. The minimum atomic E-state index is -1.18. The Kier molecular flexibility index (Phi) is 30.2. The second-order valence-corrected chi connectivity index (χ2v) is 14.1.